The second-order valence-corrected chi connectivity index (χ2v) is 5.09. The molecule has 0 atom stereocenters. The zero-order chi connectivity index (χ0) is 13.8. The van der Waals surface area contributed by atoms with Crippen LogP contribution in [-0.4, -0.2) is 20.2 Å². The van der Waals surface area contributed by atoms with Crippen LogP contribution in [0.1, 0.15) is 5.56 Å². The third-order valence-corrected chi connectivity index (χ3v) is 3.47. The summed E-state index contributed by atoms with van der Waals surface area (Å²) in [6, 6.07) is 10.3. The average molecular weight is 330 g/mol. The van der Waals surface area contributed by atoms with Gasteiger partial charge in [-0.15, -0.1) is 0 Å². The molecule has 20 heavy (non-hydrogen) atoms. The molecule has 0 radical (unpaired) electrons. The molecular weight excluding hydrogens is 318 g/mol. The normalized spacial score (nSPS) is 10.4. The number of aromatic amines is 1. The number of hydrogen-bond acceptors (Lipinski definition) is 4. The minimum Gasteiger partial charge on any atom is -0.365 e. The third kappa shape index (κ3) is 2.85. The van der Waals surface area contributed by atoms with Crippen LogP contribution in [0.4, 0.5) is 5.82 Å². The number of anilines is 1. The van der Waals surface area contributed by atoms with Gasteiger partial charge in [-0.1, -0.05) is 24.3 Å². The summed E-state index contributed by atoms with van der Waals surface area (Å²) >= 11 is 3.41. The van der Waals surface area contributed by atoms with Crippen LogP contribution in [0.15, 0.2) is 53.5 Å². The van der Waals surface area contributed by atoms with Gasteiger partial charge in [0, 0.05) is 18.9 Å². The van der Waals surface area contributed by atoms with Crippen molar-refractivity contribution in [2.45, 2.75) is 6.54 Å². The summed E-state index contributed by atoms with van der Waals surface area (Å²) in [5.41, 5.74) is 3.32. The topological polar surface area (TPSA) is 66.5 Å². The predicted octanol–water partition coefficient (Wildman–Crippen LogP) is 3.24. The van der Waals surface area contributed by atoms with Gasteiger partial charge in [-0.05, 0) is 33.1 Å². The lowest BCUT2D eigenvalue weighted by atomic mass is 10.1. The molecule has 2 heterocycles. The first-order valence-electron chi connectivity index (χ1n) is 6.11. The van der Waals surface area contributed by atoms with Crippen LogP contribution in [0.3, 0.4) is 0 Å². The molecule has 0 saturated carbocycles. The van der Waals surface area contributed by atoms with Crippen LogP contribution in [0, 0.1) is 0 Å². The highest BCUT2D eigenvalue weighted by atomic mass is 79.9. The summed E-state index contributed by atoms with van der Waals surface area (Å²) in [5, 5.41) is 10.2. The van der Waals surface area contributed by atoms with Crippen molar-refractivity contribution in [1.29, 1.82) is 0 Å². The second-order valence-electron chi connectivity index (χ2n) is 4.24. The van der Waals surface area contributed by atoms with E-state index < -0.39 is 0 Å². The minimum atomic E-state index is 0.707. The number of nitrogens with one attached hydrogen (secondary N) is 2. The highest BCUT2D eigenvalue weighted by Gasteiger charge is 2.02. The van der Waals surface area contributed by atoms with Crippen molar-refractivity contribution in [3.63, 3.8) is 0 Å². The molecule has 0 aliphatic rings. The molecule has 0 saturated heterocycles. The van der Waals surface area contributed by atoms with E-state index >= 15 is 0 Å². The number of benzene rings is 1. The van der Waals surface area contributed by atoms with Gasteiger partial charge in [-0.3, -0.25) is 5.10 Å². The van der Waals surface area contributed by atoms with Crippen LogP contribution >= 0.6 is 15.9 Å². The SMILES string of the molecule is Brc1cncnc1NCc1ccc(-c2ccn[nH]2)cc1. The Morgan fingerprint density at radius 2 is 2.00 bits per heavy atom. The van der Waals surface area contributed by atoms with Crippen molar-refractivity contribution in [2.24, 2.45) is 0 Å². The fourth-order valence-electron chi connectivity index (χ4n) is 1.85. The summed E-state index contributed by atoms with van der Waals surface area (Å²) < 4.78 is 0.856. The first-order chi connectivity index (χ1) is 9.83. The van der Waals surface area contributed by atoms with Crippen molar-refractivity contribution >= 4 is 21.7 Å². The smallest absolute Gasteiger partial charge is 0.144 e. The van der Waals surface area contributed by atoms with Gasteiger partial charge >= 0.3 is 0 Å². The molecule has 2 aromatic heterocycles. The van der Waals surface area contributed by atoms with Crippen molar-refractivity contribution in [2.75, 3.05) is 5.32 Å². The van der Waals surface area contributed by atoms with Gasteiger partial charge in [0.25, 0.3) is 0 Å². The van der Waals surface area contributed by atoms with Gasteiger partial charge in [0.2, 0.25) is 0 Å². The van der Waals surface area contributed by atoms with Gasteiger partial charge in [0.15, 0.2) is 0 Å². The van der Waals surface area contributed by atoms with E-state index in [4.69, 9.17) is 0 Å². The number of aromatic nitrogens is 4. The lowest BCUT2D eigenvalue weighted by Gasteiger charge is -2.07. The van der Waals surface area contributed by atoms with Gasteiger partial charge in [0.05, 0.1) is 10.2 Å². The fourth-order valence-corrected chi connectivity index (χ4v) is 2.21. The first kappa shape index (κ1) is 12.8. The predicted molar refractivity (Wildman–Crippen MR) is 81.1 cm³/mol. The van der Waals surface area contributed by atoms with Crippen molar-refractivity contribution in [1.82, 2.24) is 20.2 Å². The molecule has 3 rings (SSSR count). The maximum Gasteiger partial charge on any atom is 0.144 e. The van der Waals surface area contributed by atoms with E-state index in [1.54, 1.807) is 12.4 Å². The molecular formula is C14H12BrN5. The molecule has 3 aromatic rings. The molecule has 100 valence electrons. The van der Waals surface area contributed by atoms with Crippen molar-refractivity contribution in [3.8, 4) is 11.3 Å². The van der Waals surface area contributed by atoms with E-state index in [0.29, 0.717) is 6.54 Å². The highest BCUT2D eigenvalue weighted by Crippen LogP contribution is 2.19. The van der Waals surface area contributed by atoms with Crippen molar-refractivity contribution in [3.05, 3.63) is 59.1 Å². The number of rotatable bonds is 4. The maximum atomic E-state index is 4.17. The summed E-state index contributed by atoms with van der Waals surface area (Å²) in [7, 11) is 0. The Bertz CT molecular complexity index is 679. The third-order valence-electron chi connectivity index (χ3n) is 2.89. The molecule has 0 aliphatic carbocycles. The monoisotopic (exact) mass is 329 g/mol. The molecule has 0 unspecified atom stereocenters. The quantitative estimate of drug-likeness (QED) is 0.771. The molecule has 0 fully saturated rings. The first-order valence-corrected chi connectivity index (χ1v) is 6.90. The molecule has 0 spiro atoms. The van der Waals surface area contributed by atoms with E-state index in [1.165, 1.54) is 11.9 Å². The van der Waals surface area contributed by atoms with Crippen LogP contribution in [0.25, 0.3) is 11.3 Å². The van der Waals surface area contributed by atoms with Crippen LogP contribution in [-0.2, 0) is 6.54 Å². The van der Waals surface area contributed by atoms with Gasteiger partial charge in [0.1, 0.15) is 12.1 Å². The molecule has 6 heteroatoms. The highest BCUT2D eigenvalue weighted by molar-refractivity contribution is 9.10. The van der Waals surface area contributed by atoms with Crippen molar-refractivity contribution < 1.29 is 0 Å². The fraction of sp³-hybridized carbons (Fsp3) is 0.0714. The zero-order valence-corrected chi connectivity index (χ0v) is 12.1. The number of nitrogens with zero attached hydrogens (tertiary/aromatic N) is 3. The Kier molecular flexibility index (Phi) is 3.73. The lowest BCUT2D eigenvalue weighted by Crippen LogP contribution is -2.02. The van der Waals surface area contributed by atoms with E-state index in [-0.39, 0.29) is 0 Å². The Labute approximate surface area is 124 Å². The Hall–Kier alpha value is -2.21. The average Bonchev–Trinajstić information content (AvgIpc) is 3.01. The minimum absolute atomic E-state index is 0.707. The van der Waals surface area contributed by atoms with Crippen LogP contribution < -0.4 is 5.32 Å². The zero-order valence-electron chi connectivity index (χ0n) is 10.5. The van der Waals surface area contributed by atoms with E-state index in [9.17, 15) is 0 Å². The van der Waals surface area contributed by atoms with E-state index in [1.807, 2.05) is 6.07 Å². The van der Waals surface area contributed by atoms with E-state index in [2.05, 4.69) is 65.7 Å². The Morgan fingerprint density at radius 3 is 2.70 bits per heavy atom. The summed E-state index contributed by atoms with van der Waals surface area (Å²) in [5.74, 6) is 0.789. The van der Waals surface area contributed by atoms with Gasteiger partial charge in [-0.2, -0.15) is 5.10 Å². The van der Waals surface area contributed by atoms with Gasteiger partial charge < -0.3 is 5.32 Å². The molecule has 1 aromatic carbocycles. The van der Waals surface area contributed by atoms with Crippen LogP contribution in [0.2, 0.25) is 0 Å². The molecule has 0 aliphatic heterocycles. The molecule has 0 bridgehead atoms. The van der Waals surface area contributed by atoms with Crippen LogP contribution in [0.5, 0.6) is 0 Å². The Morgan fingerprint density at radius 1 is 1.15 bits per heavy atom. The van der Waals surface area contributed by atoms with E-state index in [0.717, 1.165) is 21.5 Å². The molecule has 5 nitrogen and oxygen atoms in total. The molecule has 2 N–H and O–H groups in total. The Balaban J connectivity index is 1.68. The summed E-state index contributed by atoms with van der Waals surface area (Å²) in [4.78, 5) is 8.10. The molecule has 0 amide bonds. The standard InChI is InChI=1S/C14H12BrN5/c15-12-8-16-9-18-14(12)17-7-10-1-3-11(4-2-10)13-5-6-19-20-13/h1-6,8-9H,7H2,(H,19,20)(H,16,17,18). The lowest BCUT2D eigenvalue weighted by molar-refractivity contribution is 1.07. The second kappa shape index (κ2) is 5.83. The summed E-state index contributed by atoms with van der Waals surface area (Å²) in [6.07, 6.45) is 4.99. The maximum absolute atomic E-state index is 4.17. The van der Waals surface area contributed by atoms with Gasteiger partial charge in [-0.25, -0.2) is 9.97 Å². The largest absolute Gasteiger partial charge is 0.365 e. The summed E-state index contributed by atoms with van der Waals surface area (Å²) in [6.45, 7) is 0.707. The number of H-pyrrole nitrogens is 1. The number of hydrogen-bond donors (Lipinski definition) is 2. The number of halogens is 1.